The number of carbonyl (C=O) groups is 4. The standard InChI is InChI=1S/C31H24N4O7S/c36-28(32-23-15-13-21(14-16-23)31(39)40)19-43-25-11-6-10-24(18-25)33-30(38)26(34-29(37)20-7-2-1-3-8-20)17-22-9-4-5-12-27(22)35(41)42/h1-18H,19H2,(H,32,36)(H,33,38)(H,34,37)(H,39,40)/b26-17+. The van der Waals surface area contributed by atoms with E-state index in [4.69, 9.17) is 5.11 Å². The molecule has 0 spiro atoms. The first-order valence-electron chi connectivity index (χ1n) is 12.7. The lowest BCUT2D eigenvalue weighted by atomic mass is 10.1. The highest BCUT2D eigenvalue weighted by atomic mass is 32.2. The van der Waals surface area contributed by atoms with Crippen molar-refractivity contribution in [1.82, 2.24) is 5.32 Å². The lowest BCUT2D eigenvalue weighted by Gasteiger charge is -2.12. The second kappa shape index (κ2) is 14.2. The Kier molecular flexibility index (Phi) is 10.0. The van der Waals surface area contributed by atoms with Crippen LogP contribution < -0.4 is 16.0 Å². The highest BCUT2D eigenvalue weighted by Crippen LogP contribution is 2.24. The minimum Gasteiger partial charge on any atom is -0.478 e. The van der Waals surface area contributed by atoms with Gasteiger partial charge in [-0.05, 0) is 66.7 Å². The highest BCUT2D eigenvalue weighted by molar-refractivity contribution is 8.00. The van der Waals surface area contributed by atoms with E-state index in [1.54, 1.807) is 60.7 Å². The maximum atomic E-state index is 13.3. The molecule has 216 valence electrons. The Labute approximate surface area is 249 Å². The van der Waals surface area contributed by atoms with Gasteiger partial charge in [0.05, 0.1) is 21.8 Å². The Balaban J connectivity index is 1.47. The van der Waals surface area contributed by atoms with E-state index in [1.807, 2.05) is 0 Å². The van der Waals surface area contributed by atoms with Gasteiger partial charge < -0.3 is 21.1 Å². The first-order valence-corrected chi connectivity index (χ1v) is 13.7. The van der Waals surface area contributed by atoms with Crippen LogP contribution in [0.15, 0.2) is 114 Å². The maximum absolute atomic E-state index is 13.3. The van der Waals surface area contributed by atoms with Crippen LogP contribution in [0.2, 0.25) is 0 Å². The van der Waals surface area contributed by atoms with Gasteiger partial charge in [-0.1, -0.05) is 36.4 Å². The van der Waals surface area contributed by atoms with Crippen LogP contribution in [0, 0.1) is 10.1 Å². The minimum absolute atomic E-state index is 0.0358. The third-order valence-corrected chi connectivity index (χ3v) is 6.83. The van der Waals surface area contributed by atoms with Gasteiger partial charge >= 0.3 is 5.97 Å². The van der Waals surface area contributed by atoms with Crippen LogP contribution in [-0.2, 0) is 9.59 Å². The summed E-state index contributed by atoms with van der Waals surface area (Å²) in [6.45, 7) is 0. The van der Waals surface area contributed by atoms with Crippen molar-refractivity contribution in [3.63, 3.8) is 0 Å². The highest BCUT2D eigenvalue weighted by Gasteiger charge is 2.18. The van der Waals surface area contributed by atoms with E-state index in [-0.39, 0.29) is 34.2 Å². The Bertz CT molecular complexity index is 1710. The number of nitro benzene ring substituents is 1. The zero-order valence-corrected chi connectivity index (χ0v) is 23.2. The lowest BCUT2D eigenvalue weighted by Crippen LogP contribution is -2.30. The maximum Gasteiger partial charge on any atom is 0.335 e. The van der Waals surface area contributed by atoms with E-state index < -0.39 is 22.7 Å². The number of nitrogens with one attached hydrogen (secondary N) is 3. The second-order valence-electron chi connectivity index (χ2n) is 8.90. The summed E-state index contributed by atoms with van der Waals surface area (Å²) >= 11 is 1.20. The summed E-state index contributed by atoms with van der Waals surface area (Å²) in [7, 11) is 0. The van der Waals surface area contributed by atoms with E-state index in [2.05, 4.69) is 16.0 Å². The number of hydrogen-bond acceptors (Lipinski definition) is 7. The minimum atomic E-state index is -1.07. The number of aromatic carboxylic acids is 1. The number of carbonyl (C=O) groups excluding carboxylic acids is 3. The van der Waals surface area contributed by atoms with Crippen LogP contribution in [0.4, 0.5) is 17.1 Å². The van der Waals surface area contributed by atoms with Gasteiger partial charge in [0.1, 0.15) is 5.70 Å². The average Bonchev–Trinajstić information content (AvgIpc) is 3.00. The van der Waals surface area contributed by atoms with Crippen molar-refractivity contribution in [3.8, 4) is 0 Å². The summed E-state index contributed by atoms with van der Waals surface area (Å²) in [4.78, 5) is 61.2. The molecule has 4 rings (SSSR count). The van der Waals surface area contributed by atoms with Crippen molar-refractivity contribution >= 4 is 58.6 Å². The summed E-state index contributed by atoms with van der Waals surface area (Å²) < 4.78 is 0. The molecule has 0 aliphatic rings. The summed E-state index contributed by atoms with van der Waals surface area (Å²) in [6.07, 6.45) is 1.24. The third-order valence-electron chi connectivity index (χ3n) is 5.84. The van der Waals surface area contributed by atoms with E-state index in [0.717, 1.165) is 0 Å². The number of rotatable bonds is 11. The molecule has 0 unspecified atom stereocenters. The molecule has 0 fully saturated rings. The number of para-hydroxylation sites is 1. The fourth-order valence-electron chi connectivity index (χ4n) is 3.78. The number of carboxylic acids is 1. The van der Waals surface area contributed by atoms with Crippen LogP contribution in [-0.4, -0.2) is 39.5 Å². The molecular formula is C31H24N4O7S. The molecule has 0 saturated heterocycles. The number of benzene rings is 4. The molecule has 0 saturated carbocycles. The molecule has 0 aromatic heterocycles. The molecule has 43 heavy (non-hydrogen) atoms. The first kappa shape index (κ1) is 30.2. The quantitative estimate of drug-likeness (QED) is 0.0769. The molecule has 0 bridgehead atoms. The smallest absolute Gasteiger partial charge is 0.335 e. The number of carboxylic acid groups (broad SMARTS) is 1. The second-order valence-corrected chi connectivity index (χ2v) is 9.94. The van der Waals surface area contributed by atoms with Gasteiger partial charge in [0.25, 0.3) is 17.5 Å². The molecule has 0 aliphatic heterocycles. The van der Waals surface area contributed by atoms with Crippen molar-refractivity contribution in [1.29, 1.82) is 0 Å². The van der Waals surface area contributed by atoms with Crippen molar-refractivity contribution in [2.24, 2.45) is 0 Å². The van der Waals surface area contributed by atoms with E-state index in [1.165, 1.54) is 60.3 Å². The number of amides is 3. The number of hydrogen-bond donors (Lipinski definition) is 4. The van der Waals surface area contributed by atoms with Gasteiger partial charge in [-0.25, -0.2) is 4.79 Å². The average molecular weight is 597 g/mol. The normalized spacial score (nSPS) is 10.8. The van der Waals surface area contributed by atoms with Crippen molar-refractivity contribution in [2.75, 3.05) is 16.4 Å². The largest absolute Gasteiger partial charge is 0.478 e. The van der Waals surface area contributed by atoms with Crippen molar-refractivity contribution < 1.29 is 29.2 Å². The summed E-state index contributed by atoms with van der Waals surface area (Å²) in [5.74, 6) is -2.64. The number of thioether (sulfide) groups is 1. The van der Waals surface area contributed by atoms with E-state index >= 15 is 0 Å². The van der Waals surface area contributed by atoms with Gasteiger partial charge in [0.2, 0.25) is 5.91 Å². The molecule has 3 amide bonds. The van der Waals surface area contributed by atoms with Crippen LogP contribution in [0.25, 0.3) is 6.08 Å². The molecule has 4 aromatic rings. The van der Waals surface area contributed by atoms with E-state index in [9.17, 15) is 29.3 Å². The molecule has 0 heterocycles. The predicted octanol–water partition coefficient (Wildman–Crippen LogP) is 5.43. The molecule has 0 aliphatic carbocycles. The van der Waals surface area contributed by atoms with Gasteiger partial charge in [-0.2, -0.15) is 0 Å². The summed E-state index contributed by atoms with van der Waals surface area (Å²) in [6, 6.07) is 26.5. The van der Waals surface area contributed by atoms with Gasteiger partial charge in [0.15, 0.2) is 0 Å². The Morgan fingerprint density at radius 2 is 1.49 bits per heavy atom. The zero-order valence-electron chi connectivity index (χ0n) is 22.4. The summed E-state index contributed by atoms with van der Waals surface area (Å²) in [5.41, 5.74) is 0.878. The van der Waals surface area contributed by atoms with Crippen LogP contribution in [0.3, 0.4) is 0 Å². The van der Waals surface area contributed by atoms with Crippen LogP contribution >= 0.6 is 11.8 Å². The monoisotopic (exact) mass is 596 g/mol. The molecular weight excluding hydrogens is 572 g/mol. The Morgan fingerprint density at radius 1 is 0.791 bits per heavy atom. The Hall–Kier alpha value is -5.75. The van der Waals surface area contributed by atoms with Gasteiger partial charge in [0, 0.05) is 27.9 Å². The molecule has 0 atom stereocenters. The third kappa shape index (κ3) is 8.62. The number of nitro groups is 1. The van der Waals surface area contributed by atoms with Crippen molar-refractivity contribution in [3.05, 3.63) is 136 Å². The number of nitrogens with zero attached hydrogens (tertiary/aromatic N) is 1. The Morgan fingerprint density at radius 3 is 2.19 bits per heavy atom. The molecule has 4 aromatic carbocycles. The molecule has 4 N–H and O–H groups in total. The zero-order chi connectivity index (χ0) is 30.8. The van der Waals surface area contributed by atoms with Crippen LogP contribution in [0.1, 0.15) is 26.3 Å². The fourth-order valence-corrected chi connectivity index (χ4v) is 4.53. The summed E-state index contributed by atoms with van der Waals surface area (Å²) in [5, 5.41) is 28.5. The molecule has 11 nitrogen and oxygen atoms in total. The number of anilines is 2. The predicted molar refractivity (Wildman–Crippen MR) is 163 cm³/mol. The fraction of sp³-hybridized carbons (Fsp3) is 0.0323. The van der Waals surface area contributed by atoms with Crippen LogP contribution in [0.5, 0.6) is 0 Å². The molecule has 12 heteroatoms. The van der Waals surface area contributed by atoms with Crippen molar-refractivity contribution in [2.45, 2.75) is 4.90 Å². The topological polar surface area (TPSA) is 168 Å². The van der Waals surface area contributed by atoms with Gasteiger partial charge in [-0.3, -0.25) is 24.5 Å². The van der Waals surface area contributed by atoms with E-state index in [0.29, 0.717) is 21.8 Å². The molecule has 0 radical (unpaired) electrons. The first-order chi connectivity index (χ1) is 20.7. The lowest BCUT2D eigenvalue weighted by molar-refractivity contribution is -0.385. The SMILES string of the molecule is O=C(CSc1cccc(NC(=O)/C(=C\c2ccccc2[N+](=O)[O-])NC(=O)c2ccccc2)c1)Nc1ccc(C(=O)O)cc1. The van der Waals surface area contributed by atoms with Gasteiger partial charge in [-0.15, -0.1) is 11.8 Å².